The molecule has 2 heterocycles. The van der Waals surface area contributed by atoms with E-state index in [1.165, 1.54) is 0 Å². The first-order valence-corrected chi connectivity index (χ1v) is 11.1. The zero-order valence-corrected chi connectivity index (χ0v) is 18.5. The van der Waals surface area contributed by atoms with Crippen LogP contribution in [0.4, 0.5) is 0 Å². The van der Waals surface area contributed by atoms with Crippen molar-refractivity contribution in [3.63, 3.8) is 0 Å². The third kappa shape index (κ3) is 4.27. The predicted octanol–water partition coefficient (Wildman–Crippen LogP) is 4.12. The number of benzene rings is 2. The summed E-state index contributed by atoms with van der Waals surface area (Å²) in [5.41, 5.74) is 2.39. The van der Waals surface area contributed by atoms with Crippen LogP contribution in [-0.2, 0) is 31.0 Å². The maximum Gasteiger partial charge on any atom is 0.329 e. The first-order chi connectivity index (χ1) is 15.1. The molecule has 4 rings (SSSR count). The quantitative estimate of drug-likeness (QED) is 0.418. The van der Waals surface area contributed by atoms with Gasteiger partial charge in [0.15, 0.2) is 0 Å². The third-order valence-corrected chi connectivity index (χ3v) is 6.23. The lowest BCUT2D eigenvalue weighted by Crippen LogP contribution is -2.36. The number of amides is 1. The molecular weight excluding hydrogens is 410 g/mol. The van der Waals surface area contributed by atoms with Gasteiger partial charge in [-0.3, -0.25) is 13.9 Å². The average Bonchev–Trinajstić information content (AvgIpc) is 3.40. The van der Waals surface area contributed by atoms with Crippen LogP contribution >= 0.6 is 11.3 Å². The van der Waals surface area contributed by atoms with Gasteiger partial charge in [0.05, 0.1) is 24.7 Å². The van der Waals surface area contributed by atoms with E-state index in [0.717, 1.165) is 27.2 Å². The summed E-state index contributed by atoms with van der Waals surface area (Å²) in [6.45, 7) is 3.37. The van der Waals surface area contributed by atoms with Gasteiger partial charge in [-0.15, -0.1) is 11.3 Å². The summed E-state index contributed by atoms with van der Waals surface area (Å²) in [6.07, 6.45) is 0. The maximum atomic E-state index is 13.5. The minimum Gasteiger partial charge on any atom is -0.496 e. The fourth-order valence-electron chi connectivity index (χ4n) is 3.83. The fraction of sp³-hybridized carbons (Fsp3) is 0.250. The third-order valence-electron chi connectivity index (χ3n) is 5.37. The molecule has 4 aromatic rings. The van der Waals surface area contributed by atoms with Crippen LogP contribution in [0.25, 0.3) is 11.0 Å². The first-order valence-electron chi connectivity index (χ1n) is 10.2. The first kappa shape index (κ1) is 20.9. The fourth-order valence-corrected chi connectivity index (χ4v) is 4.55. The normalized spacial score (nSPS) is 11.0. The van der Waals surface area contributed by atoms with E-state index >= 15 is 0 Å². The number of rotatable bonds is 8. The zero-order chi connectivity index (χ0) is 21.8. The van der Waals surface area contributed by atoms with E-state index in [2.05, 4.69) is 0 Å². The molecule has 2 aromatic heterocycles. The molecule has 6 nitrogen and oxygen atoms in total. The van der Waals surface area contributed by atoms with Crippen LogP contribution in [0.2, 0.25) is 0 Å². The number of hydrogen-bond acceptors (Lipinski definition) is 4. The van der Waals surface area contributed by atoms with Gasteiger partial charge in [0.2, 0.25) is 5.91 Å². The van der Waals surface area contributed by atoms with Crippen LogP contribution in [0, 0.1) is 0 Å². The Balaban J connectivity index is 1.67. The molecule has 1 amide bonds. The highest BCUT2D eigenvalue weighted by atomic mass is 32.1. The molecule has 0 saturated carbocycles. The van der Waals surface area contributed by atoms with Crippen molar-refractivity contribution in [2.24, 2.45) is 0 Å². The number of carbonyl (C=O) groups is 1. The number of fused-ring (bicyclic) bond motifs is 1. The summed E-state index contributed by atoms with van der Waals surface area (Å²) in [5, 5.41) is 2.00. The maximum absolute atomic E-state index is 13.5. The Morgan fingerprint density at radius 2 is 1.68 bits per heavy atom. The molecule has 0 N–H and O–H groups in total. The van der Waals surface area contributed by atoms with Crippen molar-refractivity contribution in [3.8, 4) is 5.75 Å². The monoisotopic (exact) mass is 435 g/mol. The van der Waals surface area contributed by atoms with E-state index in [1.54, 1.807) is 32.5 Å². The SMILES string of the molecule is CCn1c(=O)n(CC(=O)N(Cc2cccs2)Cc2ccccc2OC)c2ccccc21. The highest BCUT2D eigenvalue weighted by Gasteiger charge is 2.21. The van der Waals surface area contributed by atoms with Gasteiger partial charge in [-0.05, 0) is 36.6 Å². The molecule has 0 aliphatic heterocycles. The number of ether oxygens (including phenoxy) is 1. The van der Waals surface area contributed by atoms with E-state index in [0.29, 0.717) is 19.6 Å². The Morgan fingerprint density at radius 1 is 0.968 bits per heavy atom. The van der Waals surface area contributed by atoms with E-state index in [1.807, 2.05) is 73.0 Å². The summed E-state index contributed by atoms with van der Waals surface area (Å²) in [7, 11) is 1.63. The molecule has 2 aromatic carbocycles. The van der Waals surface area contributed by atoms with Crippen LogP contribution in [-0.4, -0.2) is 27.1 Å². The Kier molecular flexibility index (Phi) is 6.23. The van der Waals surface area contributed by atoms with Crippen LogP contribution in [0.15, 0.2) is 70.8 Å². The Morgan fingerprint density at radius 3 is 2.35 bits per heavy atom. The molecule has 7 heteroatoms. The van der Waals surface area contributed by atoms with E-state index in [-0.39, 0.29) is 18.1 Å². The van der Waals surface area contributed by atoms with Gasteiger partial charge < -0.3 is 9.64 Å². The number of para-hydroxylation sites is 3. The second kappa shape index (κ2) is 9.22. The zero-order valence-electron chi connectivity index (χ0n) is 17.7. The summed E-state index contributed by atoms with van der Waals surface area (Å²) >= 11 is 1.61. The summed E-state index contributed by atoms with van der Waals surface area (Å²) in [4.78, 5) is 29.3. The molecule has 0 radical (unpaired) electrons. The van der Waals surface area contributed by atoms with Gasteiger partial charge in [-0.2, -0.15) is 0 Å². The summed E-state index contributed by atoms with van der Waals surface area (Å²) in [5.74, 6) is 0.631. The van der Waals surface area contributed by atoms with E-state index < -0.39 is 0 Å². The van der Waals surface area contributed by atoms with Gasteiger partial charge in [-0.25, -0.2) is 4.79 Å². The lowest BCUT2D eigenvalue weighted by Gasteiger charge is -2.23. The van der Waals surface area contributed by atoms with Crippen molar-refractivity contribution < 1.29 is 9.53 Å². The number of nitrogens with zero attached hydrogens (tertiary/aromatic N) is 3. The standard InChI is InChI=1S/C24H25N3O3S/c1-3-26-20-11-5-6-12-21(20)27(24(26)29)17-23(28)25(16-19-10-8-14-31-19)15-18-9-4-7-13-22(18)30-2/h4-14H,3,15-17H2,1-2H3. The molecule has 0 aliphatic carbocycles. The molecule has 0 spiro atoms. The number of methoxy groups -OCH3 is 1. The van der Waals surface area contributed by atoms with Crippen LogP contribution in [0.3, 0.4) is 0 Å². The van der Waals surface area contributed by atoms with Gasteiger partial charge >= 0.3 is 5.69 Å². The molecule has 0 bridgehead atoms. The molecule has 0 unspecified atom stereocenters. The molecule has 0 atom stereocenters. The Bertz CT molecular complexity index is 1240. The predicted molar refractivity (Wildman–Crippen MR) is 123 cm³/mol. The number of aryl methyl sites for hydroxylation is 1. The van der Waals surface area contributed by atoms with Crippen molar-refractivity contribution in [1.29, 1.82) is 0 Å². The average molecular weight is 436 g/mol. The van der Waals surface area contributed by atoms with E-state index in [4.69, 9.17) is 4.74 Å². The number of aromatic nitrogens is 2. The van der Waals surface area contributed by atoms with E-state index in [9.17, 15) is 9.59 Å². The minimum absolute atomic E-state index is 0.00707. The number of imidazole rings is 1. The molecular formula is C24H25N3O3S. The minimum atomic E-state index is -0.162. The molecule has 160 valence electrons. The van der Waals surface area contributed by atoms with Crippen molar-refractivity contribution in [2.45, 2.75) is 33.1 Å². The van der Waals surface area contributed by atoms with Crippen LogP contribution in [0.5, 0.6) is 5.75 Å². The summed E-state index contributed by atoms with van der Waals surface area (Å²) in [6, 6.07) is 19.3. The summed E-state index contributed by atoms with van der Waals surface area (Å²) < 4.78 is 8.76. The Labute approximate surface area is 184 Å². The lowest BCUT2D eigenvalue weighted by molar-refractivity contribution is -0.133. The van der Waals surface area contributed by atoms with Crippen LogP contribution < -0.4 is 10.4 Å². The molecule has 0 fully saturated rings. The van der Waals surface area contributed by atoms with Gasteiger partial charge in [0.25, 0.3) is 0 Å². The highest BCUT2D eigenvalue weighted by molar-refractivity contribution is 7.09. The smallest absolute Gasteiger partial charge is 0.329 e. The second-order valence-corrected chi connectivity index (χ2v) is 8.27. The Hall–Kier alpha value is -3.32. The van der Waals surface area contributed by atoms with Gasteiger partial charge in [-0.1, -0.05) is 36.4 Å². The number of thiophene rings is 1. The molecule has 0 saturated heterocycles. The largest absolute Gasteiger partial charge is 0.496 e. The topological polar surface area (TPSA) is 56.5 Å². The lowest BCUT2D eigenvalue weighted by atomic mass is 10.2. The highest BCUT2D eigenvalue weighted by Crippen LogP contribution is 2.22. The second-order valence-electron chi connectivity index (χ2n) is 7.24. The van der Waals surface area contributed by atoms with Crippen molar-refractivity contribution in [3.05, 3.63) is 87.0 Å². The molecule has 0 aliphatic rings. The molecule has 31 heavy (non-hydrogen) atoms. The van der Waals surface area contributed by atoms with Gasteiger partial charge in [0, 0.05) is 23.5 Å². The van der Waals surface area contributed by atoms with Crippen molar-refractivity contribution >= 4 is 28.3 Å². The van der Waals surface area contributed by atoms with Gasteiger partial charge in [0.1, 0.15) is 12.3 Å². The number of hydrogen-bond donors (Lipinski definition) is 0. The van der Waals surface area contributed by atoms with Crippen LogP contribution in [0.1, 0.15) is 17.4 Å². The van der Waals surface area contributed by atoms with Crippen molar-refractivity contribution in [1.82, 2.24) is 14.0 Å². The van der Waals surface area contributed by atoms with Crippen molar-refractivity contribution in [2.75, 3.05) is 7.11 Å². The number of carbonyl (C=O) groups excluding carboxylic acids is 1.